The second-order valence-electron chi connectivity index (χ2n) is 6.42. The summed E-state index contributed by atoms with van der Waals surface area (Å²) >= 11 is 5.92. The van der Waals surface area contributed by atoms with Gasteiger partial charge in [-0.25, -0.2) is 0 Å². The van der Waals surface area contributed by atoms with E-state index >= 15 is 0 Å². The predicted molar refractivity (Wildman–Crippen MR) is 104 cm³/mol. The molecule has 1 aromatic heterocycles. The smallest absolute Gasteiger partial charge is 0.296 e. The molecular formula is C22H16ClNO4. The number of aliphatic hydroxyl groups excluding tert-OH is 1. The van der Waals surface area contributed by atoms with Gasteiger partial charge in [-0.2, -0.15) is 0 Å². The monoisotopic (exact) mass is 393 g/mol. The maximum absolute atomic E-state index is 12.8. The quantitative estimate of drug-likeness (QED) is 0.401. The zero-order valence-electron chi connectivity index (χ0n) is 14.7. The van der Waals surface area contributed by atoms with Crippen molar-refractivity contribution in [2.45, 2.75) is 12.6 Å². The van der Waals surface area contributed by atoms with E-state index in [2.05, 4.69) is 0 Å². The first-order valence-corrected chi connectivity index (χ1v) is 9.05. The lowest BCUT2D eigenvalue weighted by Gasteiger charge is -2.24. The number of carbonyl (C=O) groups excluding carboxylic acids is 2. The van der Waals surface area contributed by atoms with Gasteiger partial charge in [-0.05, 0) is 42.0 Å². The van der Waals surface area contributed by atoms with E-state index in [9.17, 15) is 14.7 Å². The highest BCUT2D eigenvalue weighted by Crippen LogP contribution is 2.40. The molecule has 6 heteroatoms. The molecule has 4 rings (SSSR count). The number of amides is 1. The Bertz CT molecular complexity index is 1040. The summed E-state index contributed by atoms with van der Waals surface area (Å²) in [5.41, 5.74) is 1.19. The molecule has 2 heterocycles. The minimum Gasteiger partial charge on any atom is -0.507 e. The Kier molecular flexibility index (Phi) is 4.75. The highest BCUT2D eigenvalue weighted by Gasteiger charge is 2.46. The molecule has 0 bridgehead atoms. The molecule has 3 aromatic rings. The first-order chi connectivity index (χ1) is 13.6. The number of hydrogen-bond donors (Lipinski definition) is 1. The van der Waals surface area contributed by atoms with Crippen LogP contribution >= 0.6 is 11.6 Å². The summed E-state index contributed by atoms with van der Waals surface area (Å²) in [6.07, 6.45) is 1.51. The zero-order chi connectivity index (χ0) is 19.7. The van der Waals surface area contributed by atoms with Gasteiger partial charge >= 0.3 is 0 Å². The van der Waals surface area contributed by atoms with E-state index in [1.165, 1.54) is 11.2 Å². The van der Waals surface area contributed by atoms with Crippen LogP contribution in [0.3, 0.4) is 0 Å². The molecule has 1 aliphatic heterocycles. The van der Waals surface area contributed by atoms with Crippen molar-refractivity contribution < 1.29 is 19.1 Å². The van der Waals surface area contributed by atoms with Crippen LogP contribution in [0.2, 0.25) is 5.02 Å². The van der Waals surface area contributed by atoms with Gasteiger partial charge in [0.2, 0.25) is 0 Å². The molecule has 0 saturated carbocycles. The topological polar surface area (TPSA) is 70.8 Å². The molecule has 0 radical (unpaired) electrons. The maximum Gasteiger partial charge on any atom is 0.296 e. The number of nitrogens with zero attached hydrogens (tertiary/aromatic N) is 1. The van der Waals surface area contributed by atoms with Crippen LogP contribution in [0.1, 0.15) is 22.9 Å². The molecule has 0 spiro atoms. The van der Waals surface area contributed by atoms with Gasteiger partial charge in [-0.3, -0.25) is 9.59 Å². The fraction of sp³-hybridized carbons (Fsp3) is 0.0909. The average molecular weight is 394 g/mol. The van der Waals surface area contributed by atoms with Gasteiger partial charge in [0.25, 0.3) is 11.7 Å². The lowest BCUT2D eigenvalue weighted by molar-refractivity contribution is -0.140. The number of ketones is 1. The number of benzene rings is 2. The van der Waals surface area contributed by atoms with Crippen molar-refractivity contribution in [3.63, 3.8) is 0 Å². The van der Waals surface area contributed by atoms with E-state index in [0.717, 1.165) is 5.56 Å². The molecule has 0 aliphatic carbocycles. The highest BCUT2D eigenvalue weighted by atomic mass is 35.5. The summed E-state index contributed by atoms with van der Waals surface area (Å²) in [6.45, 7) is 0.120. The molecule has 1 aliphatic rings. The largest absolute Gasteiger partial charge is 0.507 e. The van der Waals surface area contributed by atoms with E-state index < -0.39 is 17.7 Å². The summed E-state index contributed by atoms with van der Waals surface area (Å²) in [7, 11) is 0. The van der Waals surface area contributed by atoms with Crippen molar-refractivity contribution in [3.05, 3.63) is 100 Å². The maximum atomic E-state index is 12.8. The number of likely N-dealkylation sites (tertiary alicyclic amines) is 1. The normalized spacial score (nSPS) is 18.6. The van der Waals surface area contributed by atoms with Gasteiger partial charge in [0.05, 0.1) is 24.4 Å². The molecule has 0 unspecified atom stereocenters. The second kappa shape index (κ2) is 7.37. The fourth-order valence-corrected chi connectivity index (χ4v) is 3.48. The molecule has 1 N–H and O–H groups in total. The van der Waals surface area contributed by atoms with Crippen LogP contribution in [0.15, 0.2) is 83.0 Å². The van der Waals surface area contributed by atoms with Crippen molar-refractivity contribution in [1.29, 1.82) is 0 Å². The number of aliphatic hydroxyl groups is 1. The molecule has 28 heavy (non-hydrogen) atoms. The number of rotatable bonds is 4. The Morgan fingerprint density at radius 2 is 1.71 bits per heavy atom. The summed E-state index contributed by atoms with van der Waals surface area (Å²) in [5.74, 6) is -1.09. The van der Waals surface area contributed by atoms with E-state index in [1.807, 2.05) is 30.3 Å². The Balaban J connectivity index is 1.85. The third-order valence-corrected chi connectivity index (χ3v) is 4.93. The second-order valence-corrected chi connectivity index (χ2v) is 6.86. The molecule has 5 nitrogen and oxygen atoms in total. The van der Waals surface area contributed by atoms with Gasteiger partial charge in [0.1, 0.15) is 11.5 Å². The molecule has 1 amide bonds. The zero-order valence-corrected chi connectivity index (χ0v) is 15.5. The van der Waals surface area contributed by atoms with Crippen LogP contribution in [0.5, 0.6) is 0 Å². The average Bonchev–Trinajstić information content (AvgIpc) is 3.31. The number of furan rings is 1. The Labute approximate surface area is 166 Å². The van der Waals surface area contributed by atoms with Crippen molar-refractivity contribution in [2.75, 3.05) is 0 Å². The predicted octanol–water partition coefficient (Wildman–Crippen LogP) is 4.55. The Morgan fingerprint density at radius 1 is 1.00 bits per heavy atom. The Morgan fingerprint density at radius 3 is 2.36 bits per heavy atom. The standard InChI is InChI=1S/C22H16ClNO4/c23-16-10-8-15(9-11-16)20(25)18-19(14-5-2-1-3-6-14)24(22(27)21(18)26)13-17-7-4-12-28-17/h1-12,19,25H,13H2/b20-18+/t19-/m1/s1. The summed E-state index contributed by atoms with van der Waals surface area (Å²) in [5, 5.41) is 11.4. The molecule has 140 valence electrons. The molecular weight excluding hydrogens is 378 g/mol. The van der Waals surface area contributed by atoms with Crippen molar-refractivity contribution >= 4 is 29.1 Å². The highest BCUT2D eigenvalue weighted by molar-refractivity contribution is 6.46. The number of halogens is 1. The third-order valence-electron chi connectivity index (χ3n) is 4.68. The molecule has 1 atom stereocenters. The number of hydrogen-bond acceptors (Lipinski definition) is 4. The minimum atomic E-state index is -0.729. The summed E-state index contributed by atoms with van der Waals surface area (Å²) < 4.78 is 5.36. The first kappa shape index (κ1) is 18.1. The van der Waals surface area contributed by atoms with Gasteiger partial charge < -0.3 is 14.4 Å². The van der Waals surface area contributed by atoms with E-state index in [4.69, 9.17) is 16.0 Å². The summed E-state index contributed by atoms with van der Waals surface area (Å²) in [4.78, 5) is 27.0. The summed E-state index contributed by atoms with van der Waals surface area (Å²) in [6, 6.07) is 18.3. The van der Waals surface area contributed by atoms with Gasteiger partial charge in [-0.15, -0.1) is 0 Å². The molecule has 2 aromatic carbocycles. The van der Waals surface area contributed by atoms with Crippen molar-refractivity contribution in [1.82, 2.24) is 4.90 Å². The SMILES string of the molecule is O=C1C(=O)N(Cc2ccco2)[C@H](c2ccccc2)/C1=C(\O)c1ccc(Cl)cc1. The van der Waals surface area contributed by atoms with Gasteiger partial charge in [0, 0.05) is 10.6 Å². The first-order valence-electron chi connectivity index (χ1n) is 8.68. The van der Waals surface area contributed by atoms with E-state index in [-0.39, 0.29) is 17.9 Å². The van der Waals surface area contributed by atoms with E-state index in [0.29, 0.717) is 16.3 Å². The van der Waals surface area contributed by atoms with Crippen molar-refractivity contribution in [3.8, 4) is 0 Å². The molecule has 1 saturated heterocycles. The lowest BCUT2D eigenvalue weighted by atomic mass is 9.95. The third kappa shape index (κ3) is 3.21. The van der Waals surface area contributed by atoms with Crippen LogP contribution in [-0.2, 0) is 16.1 Å². The fourth-order valence-electron chi connectivity index (χ4n) is 3.36. The lowest BCUT2D eigenvalue weighted by Crippen LogP contribution is -2.29. The van der Waals surface area contributed by atoms with Crippen LogP contribution < -0.4 is 0 Å². The number of Topliss-reactive ketones (excluding diaryl/α,β-unsaturated/α-hetero) is 1. The molecule has 1 fully saturated rings. The van der Waals surface area contributed by atoms with E-state index in [1.54, 1.807) is 36.4 Å². The Hall–Kier alpha value is -3.31. The van der Waals surface area contributed by atoms with Crippen molar-refractivity contribution in [2.24, 2.45) is 0 Å². The van der Waals surface area contributed by atoms with Crippen LogP contribution in [0, 0.1) is 0 Å². The van der Waals surface area contributed by atoms with Gasteiger partial charge in [0.15, 0.2) is 0 Å². The number of carbonyl (C=O) groups is 2. The van der Waals surface area contributed by atoms with Gasteiger partial charge in [-0.1, -0.05) is 41.9 Å². The van der Waals surface area contributed by atoms with Crippen LogP contribution in [0.4, 0.5) is 0 Å². The van der Waals surface area contributed by atoms with Crippen LogP contribution in [-0.4, -0.2) is 21.7 Å². The minimum absolute atomic E-state index is 0.0464. The van der Waals surface area contributed by atoms with Crippen LogP contribution in [0.25, 0.3) is 5.76 Å².